The molecule has 2 heterocycles. The number of nitrogens with one attached hydrogen (secondary N) is 2. The molecule has 2 fully saturated rings. The van der Waals surface area contributed by atoms with Gasteiger partial charge in [0.05, 0.1) is 6.26 Å². The second-order valence-electron chi connectivity index (χ2n) is 7.91. The van der Waals surface area contributed by atoms with Gasteiger partial charge in [0.15, 0.2) is 5.96 Å². The zero-order chi connectivity index (χ0) is 19.1. The van der Waals surface area contributed by atoms with Crippen molar-refractivity contribution in [1.82, 2.24) is 15.5 Å². The predicted octanol–water partition coefficient (Wildman–Crippen LogP) is 2.95. The molecule has 3 rings (SSSR count). The molecule has 0 bridgehead atoms. The van der Waals surface area contributed by atoms with Crippen molar-refractivity contribution in [2.24, 2.45) is 10.9 Å². The van der Waals surface area contributed by atoms with Crippen LogP contribution >= 0.6 is 0 Å². The molecular formula is C21H34N4O2. The summed E-state index contributed by atoms with van der Waals surface area (Å²) in [7, 11) is 0. The SMILES string of the molecule is CCC(C)NC(=NCCc1ccco1)NC1CCN(C(=O)C2CCCC2)C1. The van der Waals surface area contributed by atoms with Crippen LogP contribution in [-0.2, 0) is 11.2 Å². The summed E-state index contributed by atoms with van der Waals surface area (Å²) in [5, 5.41) is 7.03. The van der Waals surface area contributed by atoms with E-state index < -0.39 is 0 Å². The maximum Gasteiger partial charge on any atom is 0.225 e. The van der Waals surface area contributed by atoms with E-state index in [-0.39, 0.29) is 12.0 Å². The summed E-state index contributed by atoms with van der Waals surface area (Å²) in [6, 6.07) is 4.52. The molecule has 0 aromatic carbocycles. The molecule has 2 N–H and O–H groups in total. The summed E-state index contributed by atoms with van der Waals surface area (Å²) in [5.74, 6) is 2.43. The van der Waals surface area contributed by atoms with Crippen LogP contribution < -0.4 is 10.6 Å². The van der Waals surface area contributed by atoms with E-state index >= 15 is 0 Å². The summed E-state index contributed by atoms with van der Waals surface area (Å²) in [5.41, 5.74) is 0. The molecule has 1 saturated carbocycles. The average Bonchev–Trinajstić information content (AvgIpc) is 3.43. The minimum absolute atomic E-state index is 0.267. The fourth-order valence-corrected chi connectivity index (χ4v) is 3.90. The van der Waals surface area contributed by atoms with E-state index in [0.29, 0.717) is 18.5 Å². The average molecular weight is 375 g/mol. The summed E-state index contributed by atoms with van der Waals surface area (Å²) >= 11 is 0. The summed E-state index contributed by atoms with van der Waals surface area (Å²) in [6.45, 7) is 6.64. The minimum atomic E-state index is 0.267. The van der Waals surface area contributed by atoms with Gasteiger partial charge in [-0.05, 0) is 44.7 Å². The lowest BCUT2D eigenvalue weighted by atomic mass is 10.1. The van der Waals surface area contributed by atoms with Gasteiger partial charge in [0.25, 0.3) is 0 Å². The molecule has 6 heteroatoms. The van der Waals surface area contributed by atoms with Gasteiger partial charge in [-0.25, -0.2) is 0 Å². The largest absolute Gasteiger partial charge is 0.469 e. The molecule has 1 aliphatic heterocycles. The van der Waals surface area contributed by atoms with Crippen LogP contribution in [0.4, 0.5) is 0 Å². The molecular weight excluding hydrogens is 340 g/mol. The van der Waals surface area contributed by atoms with E-state index in [9.17, 15) is 4.79 Å². The molecule has 27 heavy (non-hydrogen) atoms. The number of nitrogens with zero attached hydrogens (tertiary/aromatic N) is 2. The molecule has 1 aliphatic carbocycles. The highest BCUT2D eigenvalue weighted by molar-refractivity contribution is 5.81. The Bertz CT molecular complexity index is 608. The fourth-order valence-electron chi connectivity index (χ4n) is 3.90. The maximum absolute atomic E-state index is 12.6. The number of hydrogen-bond acceptors (Lipinski definition) is 3. The van der Waals surface area contributed by atoms with E-state index in [4.69, 9.17) is 9.41 Å². The normalized spacial score (nSPS) is 22.2. The molecule has 2 aliphatic rings. The Morgan fingerprint density at radius 3 is 2.89 bits per heavy atom. The number of aliphatic imine (C=N–C) groups is 1. The molecule has 6 nitrogen and oxygen atoms in total. The van der Waals surface area contributed by atoms with Crippen molar-refractivity contribution >= 4 is 11.9 Å². The van der Waals surface area contributed by atoms with Crippen LogP contribution in [0.3, 0.4) is 0 Å². The summed E-state index contributed by atoms with van der Waals surface area (Å²) < 4.78 is 5.39. The molecule has 1 aromatic rings. The molecule has 2 atom stereocenters. The van der Waals surface area contributed by atoms with Gasteiger partial charge < -0.3 is 20.0 Å². The first kappa shape index (κ1) is 19.8. The third-order valence-corrected chi connectivity index (χ3v) is 5.75. The molecule has 1 saturated heterocycles. The van der Waals surface area contributed by atoms with Crippen molar-refractivity contribution in [1.29, 1.82) is 0 Å². The maximum atomic E-state index is 12.6. The third kappa shape index (κ3) is 5.75. The number of rotatable bonds is 7. The second-order valence-corrected chi connectivity index (χ2v) is 7.91. The molecule has 1 amide bonds. The van der Waals surface area contributed by atoms with Crippen LogP contribution in [0.25, 0.3) is 0 Å². The van der Waals surface area contributed by atoms with E-state index in [1.54, 1.807) is 6.26 Å². The Hall–Kier alpha value is -1.98. The van der Waals surface area contributed by atoms with Crippen LogP contribution in [0.15, 0.2) is 27.8 Å². The van der Waals surface area contributed by atoms with Crippen molar-refractivity contribution in [3.63, 3.8) is 0 Å². The minimum Gasteiger partial charge on any atom is -0.469 e. The monoisotopic (exact) mass is 374 g/mol. The molecule has 1 aromatic heterocycles. The third-order valence-electron chi connectivity index (χ3n) is 5.75. The van der Waals surface area contributed by atoms with Gasteiger partial charge in [-0.15, -0.1) is 0 Å². The quantitative estimate of drug-likeness (QED) is 0.569. The van der Waals surface area contributed by atoms with Gasteiger partial charge in [-0.3, -0.25) is 9.79 Å². The van der Waals surface area contributed by atoms with E-state index in [2.05, 4.69) is 29.4 Å². The number of amides is 1. The first-order chi connectivity index (χ1) is 13.2. The Morgan fingerprint density at radius 1 is 1.37 bits per heavy atom. The van der Waals surface area contributed by atoms with E-state index in [0.717, 1.165) is 56.9 Å². The van der Waals surface area contributed by atoms with Gasteiger partial charge in [-0.1, -0.05) is 19.8 Å². The Kier molecular flexibility index (Phi) is 7.18. The smallest absolute Gasteiger partial charge is 0.225 e. The Morgan fingerprint density at radius 2 is 2.19 bits per heavy atom. The topological polar surface area (TPSA) is 69.9 Å². The predicted molar refractivity (Wildman–Crippen MR) is 108 cm³/mol. The lowest BCUT2D eigenvalue weighted by Gasteiger charge is -2.23. The zero-order valence-electron chi connectivity index (χ0n) is 16.7. The first-order valence-corrected chi connectivity index (χ1v) is 10.5. The highest BCUT2D eigenvalue weighted by Crippen LogP contribution is 2.27. The number of likely N-dealkylation sites (tertiary alicyclic amines) is 1. The van der Waals surface area contributed by atoms with Crippen molar-refractivity contribution in [3.8, 4) is 0 Å². The van der Waals surface area contributed by atoms with Crippen LogP contribution in [0.1, 0.15) is 58.1 Å². The zero-order valence-corrected chi connectivity index (χ0v) is 16.7. The lowest BCUT2D eigenvalue weighted by molar-refractivity contribution is -0.134. The van der Waals surface area contributed by atoms with Crippen LogP contribution in [0.5, 0.6) is 0 Å². The number of carbonyl (C=O) groups is 1. The molecule has 0 radical (unpaired) electrons. The molecule has 150 valence electrons. The summed E-state index contributed by atoms with van der Waals surface area (Å²) in [4.78, 5) is 19.4. The molecule has 2 unspecified atom stereocenters. The van der Waals surface area contributed by atoms with Crippen LogP contribution in [0, 0.1) is 5.92 Å². The highest BCUT2D eigenvalue weighted by atomic mass is 16.3. The van der Waals surface area contributed by atoms with Crippen molar-refractivity contribution in [2.75, 3.05) is 19.6 Å². The second kappa shape index (κ2) is 9.81. The molecule has 0 spiro atoms. The van der Waals surface area contributed by atoms with Crippen molar-refractivity contribution in [2.45, 2.75) is 70.9 Å². The number of guanidine groups is 1. The Balaban J connectivity index is 1.52. The van der Waals surface area contributed by atoms with Gasteiger partial charge in [0, 0.05) is 44.1 Å². The van der Waals surface area contributed by atoms with E-state index in [1.807, 2.05) is 12.1 Å². The number of carbonyl (C=O) groups excluding carboxylic acids is 1. The first-order valence-electron chi connectivity index (χ1n) is 10.5. The van der Waals surface area contributed by atoms with Crippen molar-refractivity contribution in [3.05, 3.63) is 24.2 Å². The highest BCUT2D eigenvalue weighted by Gasteiger charge is 2.32. The number of hydrogen-bond donors (Lipinski definition) is 2. The van der Waals surface area contributed by atoms with E-state index in [1.165, 1.54) is 12.8 Å². The van der Waals surface area contributed by atoms with Gasteiger partial charge in [0.1, 0.15) is 5.76 Å². The van der Waals surface area contributed by atoms with Gasteiger partial charge in [0.2, 0.25) is 5.91 Å². The lowest BCUT2D eigenvalue weighted by Crippen LogP contribution is -2.48. The Labute approximate surface area is 162 Å². The van der Waals surface area contributed by atoms with Crippen molar-refractivity contribution < 1.29 is 9.21 Å². The standard InChI is InChI=1S/C21H34N4O2/c1-3-16(2)23-21(22-12-10-19-9-6-14-27-19)24-18-11-13-25(15-18)20(26)17-7-4-5-8-17/h6,9,14,16-18H,3-5,7-8,10-13,15H2,1-2H3,(H2,22,23,24). The summed E-state index contributed by atoms with van der Waals surface area (Å²) in [6.07, 6.45) is 9.06. The van der Waals surface area contributed by atoms with Gasteiger partial charge >= 0.3 is 0 Å². The van der Waals surface area contributed by atoms with Crippen LogP contribution in [-0.4, -0.2) is 48.5 Å². The fraction of sp³-hybridized carbons (Fsp3) is 0.714. The number of furan rings is 1. The van der Waals surface area contributed by atoms with Crippen LogP contribution in [0.2, 0.25) is 0 Å². The van der Waals surface area contributed by atoms with Gasteiger partial charge in [-0.2, -0.15) is 0 Å².